The Morgan fingerprint density at radius 2 is 2.20 bits per heavy atom. The van der Waals surface area contributed by atoms with Crippen LogP contribution in [0.15, 0.2) is 16.6 Å². The van der Waals surface area contributed by atoms with Crippen LogP contribution in [-0.4, -0.2) is 13.7 Å². The van der Waals surface area contributed by atoms with E-state index < -0.39 is 0 Å². The molecule has 0 aliphatic rings. The van der Waals surface area contributed by atoms with Crippen molar-refractivity contribution in [2.24, 2.45) is 5.73 Å². The molecular weight excluding hydrogens is 261 g/mol. The molecule has 0 aromatic heterocycles. The first kappa shape index (κ1) is 12.5. The monoisotopic (exact) mass is 275 g/mol. The highest BCUT2D eigenvalue weighted by molar-refractivity contribution is 9.10. The van der Waals surface area contributed by atoms with Crippen molar-refractivity contribution in [3.63, 3.8) is 0 Å². The third-order valence-electron chi connectivity index (χ3n) is 2.40. The van der Waals surface area contributed by atoms with E-state index in [2.05, 4.69) is 15.9 Å². The number of ether oxygens (including phenoxy) is 1. The second-order valence-electron chi connectivity index (χ2n) is 3.46. The molecule has 4 heteroatoms. The molecule has 0 bridgehead atoms. The van der Waals surface area contributed by atoms with Gasteiger partial charge in [-0.15, -0.1) is 0 Å². The Labute approximate surface area is 97.7 Å². The molecule has 84 valence electrons. The molecule has 0 spiro atoms. The van der Waals surface area contributed by atoms with Crippen LogP contribution in [0.1, 0.15) is 24.8 Å². The van der Waals surface area contributed by atoms with Crippen molar-refractivity contribution in [2.45, 2.75) is 19.3 Å². The van der Waals surface area contributed by atoms with E-state index in [1.807, 2.05) is 6.92 Å². The number of methoxy groups -OCH3 is 1. The van der Waals surface area contributed by atoms with E-state index in [-0.39, 0.29) is 17.5 Å². The summed E-state index contributed by atoms with van der Waals surface area (Å²) in [7, 11) is 1.46. The molecule has 0 amide bonds. The third-order valence-corrected chi connectivity index (χ3v) is 3.10. The zero-order valence-electron chi connectivity index (χ0n) is 8.89. The maximum atomic E-state index is 13.9. The van der Waals surface area contributed by atoms with Gasteiger partial charge in [0.05, 0.1) is 7.11 Å². The molecule has 0 aliphatic heterocycles. The molecule has 0 saturated heterocycles. The summed E-state index contributed by atoms with van der Waals surface area (Å²) in [6.45, 7) is 2.50. The van der Waals surface area contributed by atoms with Crippen LogP contribution in [0, 0.1) is 5.82 Å². The number of halogens is 2. The van der Waals surface area contributed by atoms with Gasteiger partial charge in [-0.1, -0.05) is 22.9 Å². The van der Waals surface area contributed by atoms with E-state index in [9.17, 15) is 4.39 Å². The molecule has 0 radical (unpaired) electrons. The summed E-state index contributed by atoms with van der Waals surface area (Å²) in [5.41, 5.74) is 6.11. The van der Waals surface area contributed by atoms with E-state index >= 15 is 0 Å². The van der Waals surface area contributed by atoms with Crippen LogP contribution in [0.2, 0.25) is 0 Å². The zero-order valence-corrected chi connectivity index (χ0v) is 10.5. The average Bonchev–Trinajstić information content (AvgIpc) is 2.18. The van der Waals surface area contributed by atoms with E-state index in [1.165, 1.54) is 7.11 Å². The lowest BCUT2D eigenvalue weighted by Gasteiger charge is -2.15. The lowest BCUT2D eigenvalue weighted by molar-refractivity contribution is 0.382. The number of hydrogen-bond donors (Lipinski definition) is 1. The molecule has 0 heterocycles. The fourth-order valence-corrected chi connectivity index (χ4v) is 2.25. The lowest BCUT2D eigenvalue weighted by atomic mass is 9.97. The minimum Gasteiger partial charge on any atom is -0.494 e. The van der Waals surface area contributed by atoms with Gasteiger partial charge in [-0.05, 0) is 31.0 Å². The predicted molar refractivity (Wildman–Crippen MR) is 62.7 cm³/mol. The van der Waals surface area contributed by atoms with Crippen molar-refractivity contribution in [3.05, 3.63) is 28.0 Å². The second-order valence-corrected chi connectivity index (χ2v) is 4.31. The largest absolute Gasteiger partial charge is 0.494 e. The van der Waals surface area contributed by atoms with Crippen LogP contribution in [0.3, 0.4) is 0 Å². The second kappa shape index (κ2) is 5.47. The Morgan fingerprint density at radius 1 is 1.53 bits per heavy atom. The topological polar surface area (TPSA) is 35.2 Å². The minimum absolute atomic E-state index is 0.0828. The van der Waals surface area contributed by atoms with Gasteiger partial charge in [0.1, 0.15) is 0 Å². The Bertz CT molecular complexity index is 344. The van der Waals surface area contributed by atoms with Crippen LogP contribution >= 0.6 is 15.9 Å². The van der Waals surface area contributed by atoms with Crippen LogP contribution in [0.5, 0.6) is 5.75 Å². The van der Waals surface area contributed by atoms with Gasteiger partial charge < -0.3 is 10.5 Å². The highest BCUT2D eigenvalue weighted by atomic mass is 79.9. The molecule has 1 unspecified atom stereocenters. The molecule has 0 saturated carbocycles. The van der Waals surface area contributed by atoms with Gasteiger partial charge in [0, 0.05) is 10.0 Å². The fraction of sp³-hybridized carbons (Fsp3) is 0.455. The number of nitrogens with two attached hydrogens (primary N) is 1. The molecule has 15 heavy (non-hydrogen) atoms. The molecule has 1 rings (SSSR count). The Hall–Kier alpha value is -0.610. The van der Waals surface area contributed by atoms with E-state index in [4.69, 9.17) is 10.5 Å². The molecule has 2 nitrogen and oxygen atoms in total. The minimum atomic E-state index is -0.298. The van der Waals surface area contributed by atoms with Crippen molar-refractivity contribution in [1.29, 1.82) is 0 Å². The van der Waals surface area contributed by atoms with Crippen molar-refractivity contribution < 1.29 is 9.13 Å². The standard InChI is InChI=1S/C11H15BrFNO/c1-7(5-6-14)10-8(12)3-4-9(15-2)11(10)13/h3-4,7H,5-6,14H2,1-2H3. The molecule has 1 aromatic rings. The van der Waals surface area contributed by atoms with Gasteiger partial charge in [0.25, 0.3) is 0 Å². The summed E-state index contributed by atoms with van der Waals surface area (Å²) >= 11 is 3.34. The van der Waals surface area contributed by atoms with Gasteiger partial charge in [0.15, 0.2) is 11.6 Å². The summed E-state index contributed by atoms with van der Waals surface area (Å²) in [5.74, 6) is 0.0596. The molecule has 1 aromatic carbocycles. The van der Waals surface area contributed by atoms with Gasteiger partial charge >= 0.3 is 0 Å². The van der Waals surface area contributed by atoms with Crippen molar-refractivity contribution in [1.82, 2.24) is 0 Å². The van der Waals surface area contributed by atoms with Crippen LogP contribution in [0.25, 0.3) is 0 Å². The van der Waals surface area contributed by atoms with E-state index in [1.54, 1.807) is 12.1 Å². The number of benzene rings is 1. The van der Waals surface area contributed by atoms with Gasteiger partial charge in [-0.3, -0.25) is 0 Å². The summed E-state index contributed by atoms with van der Waals surface area (Å²) in [6, 6.07) is 3.41. The summed E-state index contributed by atoms with van der Waals surface area (Å²) in [5, 5.41) is 0. The first-order valence-electron chi connectivity index (χ1n) is 4.83. The first-order chi connectivity index (χ1) is 7.11. The zero-order chi connectivity index (χ0) is 11.4. The summed E-state index contributed by atoms with van der Waals surface area (Å²) in [6.07, 6.45) is 0.753. The molecular formula is C11H15BrFNO. The quantitative estimate of drug-likeness (QED) is 0.917. The van der Waals surface area contributed by atoms with Crippen molar-refractivity contribution in [2.75, 3.05) is 13.7 Å². The molecule has 0 aliphatic carbocycles. The van der Waals surface area contributed by atoms with Gasteiger partial charge in [-0.25, -0.2) is 4.39 Å². The third kappa shape index (κ3) is 2.69. The van der Waals surface area contributed by atoms with E-state index in [0.29, 0.717) is 12.1 Å². The highest BCUT2D eigenvalue weighted by Gasteiger charge is 2.17. The number of rotatable bonds is 4. The summed E-state index contributed by atoms with van der Waals surface area (Å²) < 4.78 is 19.6. The Morgan fingerprint density at radius 3 is 2.73 bits per heavy atom. The van der Waals surface area contributed by atoms with Crippen LogP contribution in [-0.2, 0) is 0 Å². The summed E-state index contributed by atoms with van der Waals surface area (Å²) in [4.78, 5) is 0. The molecule has 0 fully saturated rings. The van der Waals surface area contributed by atoms with E-state index in [0.717, 1.165) is 10.9 Å². The maximum Gasteiger partial charge on any atom is 0.169 e. The van der Waals surface area contributed by atoms with Crippen LogP contribution in [0.4, 0.5) is 4.39 Å². The highest BCUT2D eigenvalue weighted by Crippen LogP contribution is 2.34. The number of hydrogen-bond acceptors (Lipinski definition) is 2. The van der Waals surface area contributed by atoms with Gasteiger partial charge in [-0.2, -0.15) is 0 Å². The van der Waals surface area contributed by atoms with Crippen molar-refractivity contribution >= 4 is 15.9 Å². The Kier molecular flexibility index (Phi) is 4.54. The smallest absolute Gasteiger partial charge is 0.169 e. The lowest BCUT2D eigenvalue weighted by Crippen LogP contribution is -2.07. The average molecular weight is 276 g/mol. The van der Waals surface area contributed by atoms with Crippen LogP contribution < -0.4 is 10.5 Å². The Balaban J connectivity index is 3.14. The normalized spacial score (nSPS) is 12.6. The maximum absolute atomic E-state index is 13.9. The van der Waals surface area contributed by atoms with Crippen molar-refractivity contribution in [3.8, 4) is 5.75 Å². The molecule has 2 N–H and O–H groups in total. The predicted octanol–water partition coefficient (Wildman–Crippen LogP) is 3.05. The first-order valence-corrected chi connectivity index (χ1v) is 5.63. The fourth-order valence-electron chi connectivity index (χ4n) is 1.55. The molecule has 1 atom stereocenters. The SMILES string of the molecule is COc1ccc(Br)c(C(C)CCN)c1F. The van der Waals surface area contributed by atoms with Gasteiger partial charge in [0.2, 0.25) is 0 Å².